The quantitative estimate of drug-likeness (QED) is 0.152. The first-order chi connectivity index (χ1) is 20.6. The van der Waals surface area contributed by atoms with E-state index in [1.807, 2.05) is 55.6 Å². The van der Waals surface area contributed by atoms with Crippen LogP contribution in [-0.4, -0.2) is 60.1 Å². The summed E-state index contributed by atoms with van der Waals surface area (Å²) in [7, 11) is -4.16. The van der Waals surface area contributed by atoms with Crippen LogP contribution in [0.3, 0.4) is 0 Å². The standard InChI is InChI=1S/C31H42N4O6S2.K/c1-3-34(25-10-8-9-22(2)19-25)29(36)21-35-26-15-17-42-28(26)20-27(35)31(38)33-24-13-11-23(12-14-24)30(37)32-16-6-4-5-7-18-43(39,40)41;/h8-10,15,17,19-20,23-24H,3-7,11-14,16,18,21H2,1-2H3,(H,32,37)(H,33,38)(H,39,40,41);/q;+1/p-1. The zero-order valence-corrected chi connectivity index (χ0v) is 30.6. The van der Waals surface area contributed by atoms with Crippen LogP contribution in [0.1, 0.15) is 74.3 Å². The van der Waals surface area contributed by atoms with Crippen molar-refractivity contribution in [2.75, 3.05) is 23.7 Å². The van der Waals surface area contributed by atoms with Crippen LogP contribution < -0.4 is 66.9 Å². The molecule has 1 aromatic carbocycles. The Morgan fingerprint density at radius 1 is 1.05 bits per heavy atom. The summed E-state index contributed by atoms with van der Waals surface area (Å²) in [6.45, 7) is 5.02. The maximum absolute atomic E-state index is 13.5. The van der Waals surface area contributed by atoms with E-state index in [4.69, 9.17) is 0 Å². The fourth-order valence-electron chi connectivity index (χ4n) is 5.73. The van der Waals surface area contributed by atoms with Gasteiger partial charge in [-0.25, -0.2) is 8.42 Å². The Hall–Kier alpha value is -1.58. The SMILES string of the molecule is CCN(C(=O)Cn1c(C(=O)NC2CCC(C(=O)NCCCCCCS(=O)(=O)[O-])CC2)cc2sccc21)c1cccc(C)c1.[K+]. The molecule has 1 saturated carbocycles. The number of likely N-dealkylation sites (N-methyl/N-ethyl adjacent to an activating group) is 1. The molecule has 0 saturated heterocycles. The van der Waals surface area contributed by atoms with Crippen LogP contribution >= 0.6 is 11.3 Å². The van der Waals surface area contributed by atoms with Crippen LogP contribution in [-0.2, 0) is 26.3 Å². The van der Waals surface area contributed by atoms with Crippen molar-refractivity contribution in [1.82, 2.24) is 15.2 Å². The number of amides is 3. The first-order valence-electron chi connectivity index (χ1n) is 15.0. The summed E-state index contributed by atoms with van der Waals surface area (Å²) in [5.74, 6) is -0.742. The molecule has 2 heterocycles. The predicted molar refractivity (Wildman–Crippen MR) is 168 cm³/mol. The van der Waals surface area contributed by atoms with E-state index in [2.05, 4.69) is 10.6 Å². The Morgan fingerprint density at radius 2 is 1.77 bits per heavy atom. The molecule has 2 N–H and O–H groups in total. The first-order valence-corrected chi connectivity index (χ1v) is 17.5. The number of aromatic nitrogens is 1. The number of nitrogens with zero attached hydrogens (tertiary/aromatic N) is 2. The van der Waals surface area contributed by atoms with Crippen LogP contribution in [0.15, 0.2) is 41.8 Å². The molecule has 0 aliphatic heterocycles. The molecule has 2 aromatic heterocycles. The Labute approximate surface area is 306 Å². The molecule has 0 spiro atoms. The molecule has 3 aromatic rings. The number of aryl methyl sites for hydroxylation is 1. The topological polar surface area (TPSA) is 141 Å². The molecule has 0 atom stereocenters. The van der Waals surface area contributed by atoms with Crippen molar-refractivity contribution < 1.29 is 78.7 Å². The van der Waals surface area contributed by atoms with E-state index in [1.165, 1.54) is 11.3 Å². The van der Waals surface area contributed by atoms with Crippen LogP contribution in [0.5, 0.6) is 0 Å². The zero-order chi connectivity index (χ0) is 31.0. The molecule has 1 aliphatic rings. The van der Waals surface area contributed by atoms with Crippen LogP contribution in [0.2, 0.25) is 0 Å². The number of rotatable bonds is 14. The summed E-state index contributed by atoms with van der Waals surface area (Å²) in [5.41, 5.74) is 3.23. The Kier molecular flexibility index (Phi) is 14.6. The molecule has 1 aliphatic carbocycles. The summed E-state index contributed by atoms with van der Waals surface area (Å²) >= 11 is 1.53. The van der Waals surface area contributed by atoms with Gasteiger partial charge in [-0.05, 0) is 87.6 Å². The molecular weight excluding hydrogens is 628 g/mol. The largest absolute Gasteiger partial charge is 1.00 e. The monoisotopic (exact) mass is 668 g/mol. The first kappa shape index (κ1) is 36.9. The molecule has 10 nitrogen and oxygen atoms in total. The number of benzene rings is 1. The van der Waals surface area contributed by atoms with Crippen molar-refractivity contribution in [3.05, 3.63) is 53.0 Å². The van der Waals surface area contributed by atoms with E-state index in [-0.39, 0.29) is 93.4 Å². The van der Waals surface area contributed by atoms with Gasteiger partial charge in [0.05, 0.1) is 20.3 Å². The number of carbonyl (C=O) groups is 3. The van der Waals surface area contributed by atoms with Gasteiger partial charge in [0, 0.05) is 36.5 Å². The second-order valence-corrected chi connectivity index (χ2v) is 13.7. The zero-order valence-electron chi connectivity index (χ0n) is 25.8. The van der Waals surface area contributed by atoms with Gasteiger partial charge in [0.15, 0.2) is 0 Å². The number of thiophene rings is 1. The van der Waals surface area contributed by atoms with Gasteiger partial charge in [-0.15, -0.1) is 11.3 Å². The number of unbranched alkanes of at least 4 members (excludes halogenated alkanes) is 3. The fraction of sp³-hybridized carbons (Fsp3) is 0.516. The minimum absolute atomic E-state index is 0. The second kappa shape index (κ2) is 17.4. The number of anilines is 1. The normalized spacial score (nSPS) is 16.7. The van der Waals surface area contributed by atoms with Crippen molar-refractivity contribution >= 4 is 55.1 Å². The minimum Gasteiger partial charge on any atom is -0.748 e. The third-order valence-electron chi connectivity index (χ3n) is 8.03. The summed E-state index contributed by atoms with van der Waals surface area (Å²) in [6, 6.07) is 11.6. The van der Waals surface area contributed by atoms with Gasteiger partial charge < -0.3 is 24.7 Å². The molecule has 44 heavy (non-hydrogen) atoms. The summed E-state index contributed by atoms with van der Waals surface area (Å²) in [5, 5.41) is 8.07. The van der Waals surface area contributed by atoms with Gasteiger partial charge in [-0.2, -0.15) is 0 Å². The molecule has 0 bridgehead atoms. The van der Waals surface area contributed by atoms with Crippen molar-refractivity contribution in [3.8, 4) is 0 Å². The van der Waals surface area contributed by atoms with E-state index in [1.54, 1.807) is 9.47 Å². The summed E-state index contributed by atoms with van der Waals surface area (Å²) < 4.78 is 34.7. The van der Waals surface area contributed by atoms with Gasteiger partial charge in [0.2, 0.25) is 11.8 Å². The third kappa shape index (κ3) is 10.5. The molecule has 1 fully saturated rings. The van der Waals surface area contributed by atoms with Crippen LogP contribution in [0, 0.1) is 12.8 Å². The third-order valence-corrected chi connectivity index (χ3v) is 9.67. The number of fused-ring (bicyclic) bond motifs is 1. The van der Waals surface area contributed by atoms with Crippen LogP contribution in [0.25, 0.3) is 10.2 Å². The van der Waals surface area contributed by atoms with E-state index >= 15 is 0 Å². The van der Waals surface area contributed by atoms with Crippen molar-refractivity contribution in [3.63, 3.8) is 0 Å². The number of hydrogen-bond acceptors (Lipinski definition) is 7. The van der Waals surface area contributed by atoms with E-state index in [0.717, 1.165) is 34.3 Å². The smallest absolute Gasteiger partial charge is 0.748 e. The molecular formula is C31H41KN4O6S2. The molecule has 0 unspecified atom stereocenters. The predicted octanol–water partition coefficient (Wildman–Crippen LogP) is 1.58. The average Bonchev–Trinajstić information content (AvgIpc) is 3.55. The molecule has 4 rings (SSSR count). The Balaban J connectivity index is 0.00000529. The Morgan fingerprint density at radius 3 is 2.45 bits per heavy atom. The van der Waals surface area contributed by atoms with Gasteiger partial charge in [-0.1, -0.05) is 25.0 Å². The van der Waals surface area contributed by atoms with Crippen molar-refractivity contribution in [1.29, 1.82) is 0 Å². The number of carbonyl (C=O) groups excluding carboxylic acids is 3. The second-order valence-electron chi connectivity index (χ2n) is 11.3. The molecule has 13 heteroatoms. The minimum atomic E-state index is -4.16. The molecule has 0 radical (unpaired) electrons. The maximum atomic E-state index is 13.5. The number of hydrogen-bond donors (Lipinski definition) is 2. The van der Waals surface area contributed by atoms with Crippen LogP contribution in [0.4, 0.5) is 5.69 Å². The van der Waals surface area contributed by atoms with E-state index in [9.17, 15) is 27.4 Å². The number of nitrogens with one attached hydrogen (secondary N) is 2. The molecule has 3 amide bonds. The van der Waals surface area contributed by atoms with E-state index < -0.39 is 10.1 Å². The molecule has 234 valence electrons. The van der Waals surface area contributed by atoms with Gasteiger partial charge in [-0.3, -0.25) is 14.4 Å². The Bertz CT molecular complexity index is 1530. The van der Waals surface area contributed by atoms with Gasteiger partial charge >= 0.3 is 51.4 Å². The van der Waals surface area contributed by atoms with E-state index in [0.29, 0.717) is 57.3 Å². The average molecular weight is 669 g/mol. The van der Waals surface area contributed by atoms with Crippen molar-refractivity contribution in [2.24, 2.45) is 5.92 Å². The fourth-order valence-corrected chi connectivity index (χ4v) is 7.11. The van der Waals surface area contributed by atoms with Gasteiger partial charge in [0.25, 0.3) is 5.91 Å². The summed E-state index contributed by atoms with van der Waals surface area (Å²) in [4.78, 5) is 41.3. The maximum Gasteiger partial charge on any atom is 1.00 e. The summed E-state index contributed by atoms with van der Waals surface area (Å²) in [6.07, 6.45) is 5.21. The van der Waals surface area contributed by atoms with Gasteiger partial charge in [0.1, 0.15) is 12.2 Å². The van der Waals surface area contributed by atoms with Crippen molar-refractivity contribution in [2.45, 2.75) is 77.8 Å².